The highest BCUT2D eigenvalue weighted by Gasteiger charge is 2.12. The largest absolute Gasteiger partial charge is 0.444 e. The van der Waals surface area contributed by atoms with E-state index in [9.17, 15) is 4.79 Å². The van der Waals surface area contributed by atoms with Gasteiger partial charge in [0.05, 0.1) is 12.2 Å². The lowest BCUT2D eigenvalue weighted by Gasteiger charge is -2.11. The zero-order valence-corrected chi connectivity index (χ0v) is 12.6. The van der Waals surface area contributed by atoms with Gasteiger partial charge >= 0.3 is 0 Å². The van der Waals surface area contributed by atoms with Crippen molar-refractivity contribution in [1.29, 1.82) is 0 Å². The van der Waals surface area contributed by atoms with Crippen molar-refractivity contribution in [2.24, 2.45) is 0 Å². The van der Waals surface area contributed by atoms with Crippen LogP contribution < -0.4 is 11.1 Å². The van der Waals surface area contributed by atoms with E-state index in [1.807, 2.05) is 45.0 Å². The molecular formula is C16H21N3O2. The third-order valence-electron chi connectivity index (χ3n) is 3.51. The average molecular weight is 287 g/mol. The zero-order valence-electron chi connectivity index (χ0n) is 12.6. The lowest BCUT2D eigenvalue weighted by atomic mass is 9.97. The minimum Gasteiger partial charge on any atom is -0.444 e. The van der Waals surface area contributed by atoms with E-state index in [-0.39, 0.29) is 11.8 Å². The van der Waals surface area contributed by atoms with Crippen molar-refractivity contribution in [3.8, 4) is 0 Å². The molecule has 2 aromatic rings. The summed E-state index contributed by atoms with van der Waals surface area (Å²) in [6.45, 7) is 6.08. The number of rotatable bonds is 5. The van der Waals surface area contributed by atoms with Crippen molar-refractivity contribution in [3.63, 3.8) is 0 Å². The lowest BCUT2D eigenvalue weighted by molar-refractivity contribution is -0.121. The molecule has 5 heteroatoms. The fraction of sp³-hybridized carbons (Fsp3) is 0.375. The number of aryl methyl sites for hydroxylation is 2. The summed E-state index contributed by atoms with van der Waals surface area (Å²) in [5.74, 6) is 1.44. The van der Waals surface area contributed by atoms with Crippen molar-refractivity contribution in [1.82, 2.24) is 10.3 Å². The standard InChI is InChI=1S/C16H21N3O2/c1-10(13-4-6-14(17)7-5-13)8-15(20)18-9-16-19-11(2)12(3)21-16/h4-7,10H,8-9,17H2,1-3H3,(H,18,20). The summed E-state index contributed by atoms with van der Waals surface area (Å²) < 4.78 is 5.43. The predicted octanol–water partition coefficient (Wildman–Crippen LogP) is 2.68. The molecule has 0 aliphatic carbocycles. The first-order valence-electron chi connectivity index (χ1n) is 7.00. The number of benzene rings is 1. The van der Waals surface area contributed by atoms with Crippen LogP contribution in [0.25, 0.3) is 0 Å². The van der Waals surface area contributed by atoms with E-state index in [1.54, 1.807) is 0 Å². The highest BCUT2D eigenvalue weighted by Crippen LogP contribution is 2.20. The van der Waals surface area contributed by atoms with Gasteiger partial charge in [0.15, 0.2) is 0 Å². The molecule has 5 nitrogen and oxygen atoms in total. The van der Waals surface area contributed by atoms with Gasteiger partial charge in [-0.25, -0.2) is 4.98 Å². The van der Waals surface area contributed by atoms with E-state index in [0.717, 1.165) is 22.7 Å². The molecule has 2 rings (SSSR count). The number of carbonyl (C=O) groups excluding carboxylic acids is 1. The maximum Gasteiger partial charge on any atom is 0.221 e. The third-order valence-corrected chi connectivity index (χ3v) is 3.51. The van der Waals surface area contributed by atoms with E-state index in [1.165, 1.54) is 0 Å². The Morgan fingerprint density at radius 2 is 2.00 bits per heavy atom. The number of hydrogen-bond acceptors (Lipinski definition) is 4. The van der Waals surface area contributed by atoms with Crippen LogP contribution in [0.3, 0.4) is 0 Å². The number of nitrogens with one attached hydrogen (secondary N) is 1. The number of nitrogen functional groups attached to an aromatic ring is 1. The van der Waals surface area contributed by atoms with E-state index in [4.69, 9.17) is 10.2 Å². The second kappa shape index (κ2) is 6.43. The number of anilines is 1. The Labute approximate surface area is 124 Å². The molecule has 21 heavy (non-hydrogen) atoms. The molecule has 1 amide bonds. The molecule has 0 aliphatic heterocycles. The molecule has 3 N–H and O–H groups in total. The number of carbonyl (C=O) groups is 1. The Kier molecular flexibility index (Phi) is 4.62. The van der Waals surface area contributed by atoms with Crippen LogP contribution in [-0.2, 0) is 11.3 Å². The van der Waals surface area contributed by atoms with Crippen LogP contribution in [0.4, 0.5) is 5.69 Å². The number of aromatic nitrogens is 1. The van der Waals surface area contributed by atoms with Crippen LogP contribution in [0.2, 0.25) is 0 Å². The fourth-order valence-corrected chi connectivity index (χ4v) is 2.08. The van der Waals surface area contributed by atoms with Crippen LogP contribution in [0, 0.1) is 13.8 Å². The quantitative estimate of drug-likeness (QED) is 0.828. The summed E-state index contributed by atoms with van der Waals surface area (Å²) in [7, 11) is 0. The van der Waals surface area contributed by atoms with E-state index < -0.39 is 0 Å². The number of nitrogens with zero attached hydrogens (tertiary/aromatic N) is 1. The zero-order chi connectivity index (χ0) is 15.4. The lowest BCUT2D eigenvalue weighted by Crippen LogP contribution is -2.24. The van der Waals surface area contributed by atoms with Crippen molar-refractivity contribution in [2.75, 3.05) is 5.73 Å². The van der Waals surface area contributed by atoms with Crippen molar-refractivity contribution >= 4 is 11.6 Å². The van der Waals surface area contributed by atoms with Gasteiger partial charge in [0, 0.05) is 12.1 Å². The molecule has 0 saturated carbocycles. The van der Waals surface area contributed by atoms with Crippen molar-refractivity contribution in [3.05, 3.63) is 47.2 Å². The maximum atomic E-state index is 12.0. The topological polar surface area (TPSA) is 81.2 Å². The third kappa shape index (κ3) is 4.08. The number of amides is 1. The van der Waals surface area contributed by atoms with Crippen molar-refractivity contribution < 1.29 is 9.21 Å². The molecule has 0 saturated heterocycles. The molecule has 0 spiro atoms. The second-order valence-corrected chi connectivity index (χ2v) is 5.30. The van der Waals surface area contributed by atoms with Crippen molar-refractivity contribution in [2.45, 2.75) is 39.7 Å². The molecule has 0 aliphatic rings. The molecular weight excluding hydrogens is 266 g/mol. The number of nitrogens with two attached hydrogens (primary N) is 1. The SMILES string of the molecule is Cc1nc(CNC(=O)CC(C)c2ccc(N)cc2)oc1C. The Balaban J connectivity index is 1.85. The minimum absolute atomic E-state index is 0.0205. The van der Waals surface area contributed by atoms with Crippen LogP contribution in [0.5, 0.6) is 0 Å². The van der Waals surface area contributed by atoms with Gasteiger partial charge in [-0.15, -0.1) is 0 Å². The van der Waals surface area contributed by atoms with Crippen LogP contribution in [-0.4, -0.2) is 10.9 Å². The minimum atomic E-state index is -0.0205. The molecule has 1 atom stereocenters. The summed E-state index contributed by atoms with van der Waals surface area (Å²) in [5.41, 5.74) is 8.34. The predicted molar refractivity (Wildman–Crippen MR) is 81.7 cm³/mol. The van der Waals surface area contributed by atoms with Gasteiger partial charge in [-0.1, -0.05) is 19.1 Å². The molecule has 1 unspecified atom stereocenters. The average Bonchev–Trinajstić information content (AvgIpc) is 2.76. The van der Waals surface area contributed by atoms with Crippen LogP contribution >= 0.6 is 0 Å². The molecule has 0 bridgehead atoms. The van der Waals surface area contributed by atoms with Gasteiger partial charge in [0.1, 0.15) is 5.76 Å². The van der Waals surface area contributed by atoms with E-state index >= 15 is 0 Å². The summed E-state index contributed by atoms with van der Waals surface area (Å²) in [6, 6.07) is 7.60. The molecule has 1 aromatic heterocycles. The molecule has 1 aromatic carbocycles. The Hall–Kier alpha value is -2.30. The fourth-order valence-electron chi connectivity index (χ4n) is 2.08. The maximum absolute atomic E-state index is 12.0. The Morgan fingerprint density at radius 3 is 2.57 bits per heavy atom. The Bertz CT molecular complexity index is 597. The van der Waals surface area contributed by atoms with Gasteiger partial charge in [-0.05, 0) is 37.5 Å². The molecule has 0 radical (unpaired) electrons. The van der Waals surface area contributed by atoms with Gasteiger partial charge in [0.25, 0.3) is 0 Å². The first-order chi connectivity index (χ1) is 9.95. The number of oxazole rings is 1. The summed E-state index contributed by atoms with van der Waals surface area (Å²) in [4.78, 5) is 16.2. The molecule has 112 valence electrons. The van der Waals surface area contributed by atoms with Crippen LogP contribution in [0.15, 0.2) is 28.7 Å². The summed E-state index contributed by atoms with van der Waals surface area (Å²) in [5, 5.41) is 2.83. The van der Waals surface area contributed by atoms with Gasteiger partial charge in [-0.3, -0.25) is 4.79 Å². The molecule has 1 heterocycles. The first-order valence-corrected chi connectivity index (χ1v) is 7.00. The number of hydrogen-bond donors (Lipinski definition) is 2. The summed E-state index contributed by atoms with van der Waals surface area (Å²) >= 11 is 0. The second-order valence-electron chi connectivity index (χ2n) is 5.30. The smallest absolute Gasteiger partial charge is 0.221 e. The first kappa shape index (κ1) is 15.1. The highest BCUT2D eigenvalue weighted by atomic mass is 16.4. The normalized spacial score (nSPS) is 12.1. The van der Waals surface area contributed by atoms with E-state index in [2.05, 4.69) is 10.3 Å². The van der Waals surface area contributed by atoms with Gasteiger partial charge in [-0.2, -0.15) is 0 Å². The highest BCUT2D eigenvalue weighted by molar-refractivity contribution is 5.76. The van der Waals surface area contributed by atoms with E-state index in [0.29, 0.717) is 18.9 Å². The Morgan fingerprint density at radius 1 is 1.33 bits per heavy atom. The summed E-state index contributed by atoms with van der Waals surface area (Å²) in [6.07, 6.45) is 0.419. The molecule has 0 fully saturated rings. The van der Waals surface area contributed by atoms with Gasteiger partial charge in [0.2, 0.25) is 11.8 Å². The van der Waals surface area contributed by atoms with Crippen LogP contribution in [0.1, 0.15) is 42.2 Å². The van der Waals surface area contributed by atoms with Gasteiger partial charge < -0.3 is 15.5 Å². The monoisotopic (exact) mass is 287 g/mol.